The number of benzene rings is 1. The summed E-state index contributed by atoms with van der Waals surface area (Å²) in [5.74, 6) is 0.429. The topological polar surface area (TPSA) is 37.8 Å². The molecule has 0 saturated heterocycles. The maximum atomic E-state index is 5.80. The van der Waals surface area contributed by atoms with Crippen molar-refractivity contribution in [2.75, 3.05) is 5.32 Å². The number of rotatable bonds is 3. The van der Waals surface area contributed by atoms with Crippen molar-refractivity contribution in [1.29, 1.82) is 0 Å². The van der Waals surface area contributed by atoms with Crippen molar-refractivity contribution in [3.05, 3.63) is 52.3 Å². The number of anilines is 1. The van der Waals surface area contributed by atoms with E-state index in [1.54, 1.807) is 0 Å². The molecule has 0 aliphatic carbocycles. The van der Waals surface area contributed by atoms with Crippen LogP contribution in [0.2, 0.25) is 10.3 Å². The van der Waals surface area contributed by atoms with Gasteiger partial charge in [-0.1, -0.05) is 53.5 Å². The highest BCUT2D eigenvalue weighted by molar-refractivity contribution is 6.33. The zero-order valence-electron chi connectivity index (χ0n) is 9.19. The maximum absolute atomic E-state index is 5.80. The van der Waals surface area contributed by atoms with Gasteiger partial charge in [0.15, 0.2) is 0 Å². The molecule has 0 radical (unpaired) electrons. The first-order valence-electron chi connectivity index (χ1n) is 5.17. The summed E-state index contributed by atoms with van der Waals surface area (Å²) in [6.07, 6.45) is 0. The zero-order chi connectivity index (χ0) is 12.3. The summed E-state index contributed by atoms with van der Waals surface area (Å²) < 4.78 is 0. The lowest BCUT2D eigenvalue weighted by molar-refractivity contribution is 0.860. The predicted molar refractivity (Wildman–Crippen MR) is 70.5 cm³/mol. The van der Waals surface area contributed by atoms with Crippen LogP contribution in [0.3, 0.4) is 0 Å². The van der Waals surface area contributed by atoms with Crippen LogP contribution >= 0.6 is 23.2 Å². The van der Waals surface area contributed by atoms with E-state index in [0.717, 1.165) is 5.56 Å². The molecule has 0 unspecified atom stereocenters. The molecule has 1 heterocycles. The number of hydrogen-bond donors (Lipinski definition) is 1. The van der Waals surface area contributed by atoms with Crippen LogP contribution in [-0.2, 0) is 0 Å². The smallest absolute Gasteiger partial charge is 0.226 e. The third-order valence-corrected chi connectivity index (χ3v) is 2.70. The van der Waals surface area contributed by atoms with Gasteiger partial charge in [-0.3, -0.25) is 0 Å². The molecule has 0 aliphatic rings. The average Bonchev–Trinajstić information content (AvgIpc) is 2.28. The van der Waals surface area contributed by atoms with Crippen LogP contribution in [0.1, 0.15) is 18.5 Å². The van der Waals surface area contributed by atoms with Gasteiger partial charge in [-0.05, 0) is 12.5 Å². The SMILES string of the molecule is C[C@H](Nc1nc(Cl)cc(Cl)n1)c1ccccc1. The van der Waals surface area contributed by atoms with Crippen molar-refractivity contribution in [2.45, 2.75) is 13.0 Å². The highest BCUT2D eigenvalue weighted by Crippen LogP contribution is 2.19. The van der Waals surface area contributed by atoms with Gasteiger partial charge in [-0.25, -0.2) is 9.97 Å². The van der Waals surface area contributed by atoms with Gasteiger partial charge in [-0.15, -0.1) is 0 Å². The Bertz CT molecular complexity index is 482. The fraction of sp³-hybridized carbons (Fsp3) is 0.167. The standard InChI is InChI=1S/C12H11Cl2N3/c1-8(9-5-3-2-4-6-9)15-12-16-10(13)7-11(14)17-12/h2-8H,1H3,(H,15,16,17)/t8-/m0/s1. The van der Waals surface area contributed by atoms with Crippen LogP contribution in [0, 0.1) is 0 Å². The highest BCUT2D eigenvalue weighted by Gasteiger charge is 2.07. The molecule has 0 bridgehead atoms. The Balaban J connectivity index is 2.16. The second-order valence-corrected chi connectivity index (χ2v) is 4.39. The Kier molecular flexibility index (Phi) is 3.82. The zero-order valence-corrected chi connectivity index (χ0v) is 10.7. The van der Waals surface area contributed by atoms with Crippen LogP contribution in [0.25, 0.3) is 0 Å². The number of hydrogen-bond acceptors (Lipinski definition) is 3. The van der Waals surface area contributed by atoms with Gasteiger partial charge in [-0.2, -0.15) is 0 Å². The Morgan fingerprint density at radius 2 is 1.65 bits per heavy atom. The number of halogens is 2. The monoisotopic (exact) mass is 267 g/mol. The van der Waals surface area contributed by atoms with E-state index >= 15 is 0 Å². The van der Waals surface area contributed by atoms with Gasteiger partial charge in [0.1, 0.15) is 10.3 Å². The quantitative estimate of drug-likeness (QED) is 0.856. The molecule has 1 aromatic heterocycles. The minimum Gasteiger partial charge on any atom is -0.348 e. The molecule has 0 saturated carbocycles. The van der Waals surface area contributed by atoms with Crippen LogP contribution in [0.15, 0.2) is 36.4 Å². The van der Waals surface area contributed by atoms with Crippen LogP contribution in [0.4, 0.5) is 5.95 Å². The molecule has 5 heteroatoms. The van der Waals surface area contributed by atoms with Gasteiger partial charge >= 0.3 is 0 Å². The second kappa shape index (κ2) is 5.34. The second-order valence-electron chi connectivity index (χ2n) is 3.61. The summed E-state index contributed by atoms with van der Waals surface area (Å²) in [6.45, 7) is 2.02. The van der Waals surface area contributed by atoms with Crippen LogP contribution in [0.5, 0.6) is 0 Å². The first-order chi connectivity index (χ1) is 8.15. The van der Waals surface area contributed by atoms with E-state index in [4.69, 9.17) is 23.2 Å². The van der Waals surface area contributed by atoms with Gasteiger partial charge in [0.25, 0.3) is 0 Å². The summed E-state index contributed by atoms with van der Waals surface area (Å²) >= 11 is 11.6. The van der Waals surface area contributed by atoms with Crippen molar-refractivity contribution in [2.24, 2.45) is 0 Å². The van der Waals surface area contributed by atoms with Crippen molar-refractivity contribution in [1.82, 2.24) is 9.97 Å². The molecule has 1 N–H and O–H groups in total. The van der Waals surface area contributed by atoms with E-state index < -0.39 is 0 Å². The molecule has 17 heavy (non-hydrogen) atoms. The lowest BCUT2D eigenvalue weighted by Gasteiger charge is -2.14. The van der Waals surface area contributed by atoms with E-state index in [2.05, 4.69) is 15.3 Å². The number of aromatic nitrogens is 2. The van der Waals surface area contributed by atoms with Crippen LogP contribution < -0.4 is 5.32 Å². The molecule has 2 rings (SSSR count). The highest BCUT2D eigenvalue weighted by atomic mass is 35.5. The Hall–Kier alpha value is -1.32. The third-order valence-electron chi connectivity index (χ3n) is 2.31. The Morgan fingerprint density at radius 3 is 2.24 bits per heavy atom. The molecular formula is C12H11Cl2N3. The van der Waals surface area contributed by atoms with Gasteiger partial charge in [0.2, 0.25) is 5.95 Å². The molecule has 1 aromatic carbocycles. The molecular weight excluding hydrogens is 257 g/mol. The minimum atomic E-state index is 0.0886. The van der Waals surface area contributed by atoms with E-state index in [1.807, 2.05) is 37.3 Å². The van der Waals surface area contributed by atoms with E-state index in [0.29, 0.717) is 16.3 Å². The molecule has 0 aliphatic heterocycles. The van der Waals surface area contributed by atoms with Gasteiger partial charge in [0.05, 0.1) is 6.04 Å². The van der Waals surface area contributed by atoms with E-state index in [-0.39, 0.29) is 6.04 Å². The third kappa shape index (κ3) is 3.32. The van der Waals surface area contributed by atoms with Gasteiger partial charge in [0, 0.05) is 6.07 Å². The summed E-state index contributed by atoms with van der Waals surface area (Å²) in [6, 6.07) is 11.6. The molecule has 1 atom stereocenters. The Morgan fingerprint density at radius 1 is 1.06 bits per heavy atom. The minimum absolute atomic E-state index is 0.0886. The normalized spacial score (nSPS) is 12.2. The number of nitrogens with zero attached hydrogens (tertiary/aromatic N) is 2. The fourth-order valence-corrected chi connectivity index (χ4v) is 1.90. The lowest BCUT2D eigenvalue weighted by Crippen LogP contribution is -2.09. The van der Waals surface area contributed by atoms with Crippen molar-refractivity contribution in [3.63, 3.8) is 0 Å². The largest absolute Gasteiger partial charge is 0.348 e. The van der Waals surface area contributed by atoms with Crippen molar-refractivity contribution in [3.8, 4) is 0 Å². The molecule has 88 valence electrons. The van der Waals surface area contributed by atoms with E-state index in [9.17, 15) is 0 Å². The first kappa shape index (κ1) is 12.1. The summed E-state index contributed by atoms with van der Waals surface area (Å²) in [5.41, 5.74) is 1.15. The van der Waals surface area contributed by atoms with Crippen molar-refractivity contribution >= 4 is 29.2 Å². The maximum Gasteiger partial charge on any atom is 0.226 e. The molecule has 0 fully saturated rings. The summed E-state index contributed by atoms with van der Waals surface area (Å²) in [7, 11) is 0. The molecule has 0 spiro atoms. The molecule has 3 nitrogen and oxygen atoms in total. The predicted octanol–water partition coefficient (Wildman–Crippen LogP) is 3.96. The van der Waals surface area contributed by atoms with Gasteiger partial charge < -0.3 is 5.32 Å². The Labute approximate surface area is 110 Å². The molecule has 2 aromatic rings. The molecule has 0 amide bonds. The fourth-order valence-electron chi connectivity index (χ4n) is 1.47. The van der Waals surface area contributed by atoms with Crippen molar-refractivity contribution < 1.29 is 0 Å². The van der Waals surface area contributed by atoms with Crippen LogP contribution in [-0.4, -0.2) is 9.97 Å². The summed E-state index contributed by atoms with van der Waals surface area (Å²) in [5, 5.41) is 3.80. The summed E-state index contributed by atoms with van der Waals surface area (Å²) in [4.78, 5) is 8.12. The number of nitrogens with one attached hydrogen (secondary N) is 1. The average molecular weight is 268 g/mol. The lowest BCUT2D eigenvalue weighted by atomic mass is 10.1. The van der Waals surface area contributed by atoms with E-state index in [1.165, 1.54) is 6.07 Å². The first-order valence-corrected chi connectivity index (χ1v) is 5.92.